The van der Waals surface area contributed by atoms with E-state index in [9.17, 15) is 13.2 Å². The first-order valence-electron chi connectivity index (χ1n) is 4.86. The molecule has 0 aliphatic carbocycles. The first kappa shape index (κ1) is 12.9. The average molecular weight is 245 g/mol. The van der Waals surface area contributed by atoms with Crippen molar-refractivity contribution in [3.05, 3.63) is 23.5 Å². The molecule has 1 aromatic rings. The summed E-state index contributed by atoms with van der Waals surface area (Å²) in [5.41, 5.74) is 0.847. The number of carbonyl (C=O) groups excluding carboxylic acids is 1. The fourth-order valence-corrected chi connectivity index (χ4v) is 2.09. The second-order valence-electron chi connectivity index (χ2n) is 4.01. The highest BCUT2D eigenvalue weighted by Crippen LogP contribution is 2.14. The minimum Gasteiger partial charge on any atom is -0.344 e. The predicted octanol–water partition coefficient (Wildman–Crippen LogP) is 1.25. The molecule has 0 amide bonds. The Labute approximate surface area is 94.8 Å². The van der Waals surface area contributed by atoms with E-state index >= 15 is 0 Å². The molecule has 0 fully saturated rings. The van der Waals surface area contributed by atoms with Gasteiger partial charge in [0.15, 0.2) is 5.78 Å². The van der Waals surface area contributed by atoms with Crippen LogP contribution >= 0.6 is 0 Å². The van der Waals surface area contributed by atoms with Crippen LogP contribution in [0.15, 0.2) is 12.1 Å². The zero-order valence-corrected chi connectivity index (χ0v) is 10.3. The molecular formula is C10H15NO4S. The number of aromatic nitrogens is 1. The summed E-state index contributed by atoms with van der Waals surface area (Å²) in [6.45, 7) is 3.55. The molecule has 16 heavy (non-hydrogen) atoms. The predicted molar refractivity (Wildman–Crippen MR) is 59.8 cm³/mol. The van der Waals surface area contributed by atoms with Crippen molar-refractivity contribution < 1.29 is 17.8 Å². The summed E-state index contributed by atoms with van der Waals surface area (Å²) in [4.78, 5) is 11.7. The lowest BCUT2D eigenvalue weighted by Crippen LogP contribution is -2.14. The molecular weight excluding hydrogens is 230 g/mol. The molecule has 0 aliphatic rings. The second-order valence-corrected chi connectivity index (χ2v) is 5.47. The minimum absolute atomic E-state index is 0.0518. The largest absolute Gasteiger partial charge is 0.344 e. The van der Waals surface area contributed by atoms with E-state index in [0.29, 0.717) is 11.4 Å². The number of Topliss-reactive ketones (excluding diaryl/α,β-unsaturated/α-hetero) is 1. The maximum atomic E-state index is 11.7. The third kappa shape index (κ3) is 2.93. The van der Waals surface area contributed by atoms with Crippen molar-refractivity contribution >= 4 is 15.9 Å². The van der Waals surface area contributed by atoms with Gasteiger partial charge in [0.1, 0.15) is 5.75 Å². The maximum Gasteiger partial charge on any atom is 0.270 e. The standard InChI is InChI=1S/C10H15NO4S/c1-7(2)10(12)9-5-4-8(11(9)3)6-16(13,14)15/h4-5,7H,6H2,1-3H3,(H,13,14,15). The Morgan fingerprint density at radius 3 is 2.44 bits per heavy atom. The first-order valence-corrected chi connectivity index (χ1v) is 6.47. The molecule has 6 heteroatoms. The van der Waals surface area contributed by atoms with Gasteiger partial charge in [-0.15, -0.1) is 0 Å². The van der Waals surface area contributed by atoms with Crippen LogP contribution in [0.25, 0.3) is 0 Å². The van der Waals surface area contributed by atoms with E-state index in [4.69, 9.17) is 4.55 Å². The van der Waals surface area contributed by atoms with Crippen LogP contribution in [0.4, 0.5) is 0 Å². The third-order valence-corrected chi connectivity index (χ3v) is 2.99. The smallest absolute Gasteiger partial charge is 0.270 e. The monoisotopic (exact) mass is 245 g/mol. The molecule has 1 rings (SSSR count). The highest BCUT2D eigenvalue weighted by molar-refractivity contribution is 7.85. The molecule has 0 atom stereocenters. The third-order valence-electron chi connectivity index (χ3n) is 2.33. The molecule has 0 bridgehead atoms. The molecule has 90 valence electrons. The Morgan fingerprint density at radius 1 is 1.44 bits per heavy atom. The van der Waals surface area contributed by atoms with E-state index in [2.05, 4.69) is 0 Å². The summed E-state index contributed by atoms with van der Waals surface area (Å²) in [6, 6.07) is 3.10. The van der Waals surface area contributed by atoms with Crippen LogP contribution in [0.2, 0.25) is 0 Å². The number of nitrogens with zero attached hydrogens (tertiary/aromatic N) is 1. The molecule has 0 spiro atoms. The Bertz CT molecular complexity index is 499. The van der Waals surface area contributed by atoms with Crippen molar-refractivity contribution in [2.75, 3.05) is 0 Å². The van der Waals surface area contributed by atoms with Crippen molar-refractivity contribution in [1.82, 2.24) is 4.57 Å². The highest BCUT2D eigenvalue weighted by atomic mass is 32.2. The molecule has 0 aromatic carbocycles. The molecule has 0 unspecified atom stereocenters. The lowest BCUT2D eigenvalue weighted by Gasteiger charge is -2.07. The van der Waals surface area contributed by atoms with Crippen molar-refractivity contribution in [3.8, 4) is 0 Å². The van der Waals surface area contributed by atoms with Gasteiger partial charge in [-0.3, -0.25) is 9.35 Å². The summed E-state index contributed by atoms with van der Waals surface area (Å²) in [5.74, 6) is -0.675. The maximum absolute atomic E-state index is 11.7. The molecule has 1 aromatic heterocycles. The van der Waals surface area contributed by atoms with E-state index in [1.54, 1.807) is 27.0 Å². The van der Waals surface area contributed by atoms with Crippen LogP contribution in [-0.2, 0) is 22.9 Å². The van der Waals surface area contributed by atoms with Crippen molar-refractivity contribution in [2.45, 2.75) is 19.6 Å². The fraction of sp³-hybridized carbons (Fsp3) is 0.500. The lowest BCUT2D eigenvalue weighted by molar-refractivity contribution is 0.0931. The van der Waals surface area contributed by atoms with E-state index in [-0.39, 0.29) is 11.7 Å². The average Bonchev–Trinajstić information content (AvgIpc) is 2.44. The Morgan fingerprint density at radius 2 is 2.00 bits per heavy atom. The van der Waals surface area contributed by atoms with Gasteiger partial charge in [0.2, 0.25) is 0 Å². The van der Waals surface area contributed by atoms with Gasteiger partial charge >= 0.3 is 0 Å². The summed E-state index contributed by atoms with van der Waals surface area (Å²) in [5, 5.41) is 0. The summed E-state index contributed by atoms with van der Waals surface area (Å²) in [7, 11) is -2.46. The van der Waals surface area contributed by atoms with E-state index in [0.717, 1.165) is 0 Å². The van der Waals surface area contributed by atoms with E-state index in [1.807, 2.05) is 0 Å². The SMILES string of the molecule is CC(C)C(=O)c1ccc(CS(=O)(=O)O)n1C. The number of carbonyl (C=O) groups is 1. The molecule has 0 saturated carbocycles. The van der Waals surface area contributed by atoms with Crippen LogP contribution in [0.3, 0.4) is 0 Å². The van der Waals surface area contributed by atoms with Crippen LogP contribution < -0.4 is 0 Å². The van der Waals surface area contributed by atoms with Crippen LogP contribution in [0.1, 0.15) is 30.0 Å². The second kappa shape index (κ2) is 4.39. The van der Waals surface area contributed by atoms with Gasteiger partial charge in [0.05, 0.1) is 5.69 Å². The molecule has 1 N–H and O–H groups in total. The fourth-order valence-electron chi connectivity index (χ4n) is 1.43. The highest BCUT2D eigenvalue weighted by Gasteiger charge is 2.17. The minimum atomic E-state index is -4.06. The number of ketones is 1. The lowest BCUT2D eigenvalue weighted by atomic mass is 10.1. The molecule has 5 nitrogen and oxygen atoms in total. The molecule has 0 aliphatic heterocycles. The zero-order valence-electron chi connectivity index (χ0n) is 9.47. The van der Waals surface area contributed by atoms with Gasteiger partial charge < -0.3 is 4.57 Å². The first-order chi connectivity index (χ1) is 7.22. The number of hydrogen-bond donors (Lipinski definition) is 1. The Balaban J connectivity index is 3.07. The van der Waals surface area contributed by atoms with Crippen molar-refractivity contribution in [3.63, 3.8) is 0 Å². The molecule has 0 radical (unpaired) electrons. The topological polar surface area (TPSA) is 76.4 Å². The quantitative estimate of drug-likeness (QED) is 0.640. The normalized spacial score (nSPS) is 12.1. The van der Waals surface area contributed by atoms with E-state index < -0.39 is 15.9 Å². The van der Waals surface area contributed by atoms with E-state index in [1.165, 1.54) is 10.6 Å². The molecule has 0 saturated heterocycles. The van der Waals surface area contributed by atoms with Gasteiger partial charge in [0.25, 0.3) is 10.1 Å². The van der Waals surface area contributed by atoms with Gasteiger partial charge in [-0.1, -0.05) is 13.8 Å². The Kier molecular flexibility index (Phi) is 3.54. The van der Waals surface area contributed by atoms with Gasteiger partial charge in [-0.25, -0.2) is 0 Å². The summed E-state index contributed by atoms with van der Waals surface area (Å²) < 4.78 is 31.7. The number of rotatable bonds is 4. The van der Waals surface area contributed by atoms with Crippen LogP contribution in [0.5, 0.6) is 0 Å². The summed E-state index contributed by atoms with van der Waals surface area (Å²) >= 11 is 0. The van der Waals surface area contributed by atoms with Crippen molar-refractivity contribution in [2.24, 2.45) is 13.0 Å². The van der Waals surface area contributed by atoms with Crippen LogP contribution in [-0.4, -0.2) is 23.3 Å². The summed E-state index contributed by atoms with van der Waals surface area (Å²) in [6.07, 6.45) is 0. The van der Waals surface area contributed by atoms with Gasteiger partial charge in [0, 0.05) is 18.7 Å². The molecule has 1 heterocycles. The van der Waals surface area contributed by atoms with Crippen molar-refractivity contribution in [1.29, 1.82) is 0 Å². The zero-order chi connectivity index (χ0) is 12.5. The van der Waals surface area contributed by atoms with Gasteiger partial charge in [-0.05, 0) is 12.1 Å². The van der Waals surface area contributed by atoms with Gasteiger partial charge in [-0.2, -0.15) is 8.42 Å². The van der Waals surface area contributed by atoms with Crippen LogP contribution in [0, 0.1) is 5.92 Å². The number of hydrogen-bond acceptors (Lipinski definition) is 3. The Hall–Kier alpha value is -1.14.